The van der Waals surface area contributed by atoms with Crippen LogP contribution in [-0.4, -0.2) is 9.97 Å². The van der Waals surface area contributed by atoms with Crippen LogP contribution in [0.3, 0.4) is 0 Å². The summed E-state index contributed by atoms with van der Waals surface area (Å²) in [4.78, 5) is 7.40. The Hall–Kier alpha value is -1.28. The average Bonchev–Trinajstić information content (AvgIpc) is 2.74. The van der Waals surface area contributed by atoms with Gasteiger partial charge in [-0.2, -0.15) is 13.2 Å². The first-order valence-corrected chi connectivity index (χ1v) is 5.67. The van der Waals surface area contributed by atoms with Crippen molar-refractivity contribution in [1.82, 2.24) is 9.97 Å². The summed E-state index contributed by atoms with van der Waals surface area (Å²) < 4.78 is 40.1. The zero-order valence-electron chi connectivity index (χ0n) is 8.19. The number of anilines is 1. The number of nitrogens with zero attached hydrogens (tertiary/aromatic N) is 2. The van der Waals surface area contributed by atoms with Gasteiger partial charge in [0.05, 0.1) is 0 Å². The Balaban J connectivity index is 2.49. The summed E-state index contributed by atoms with van der Waals surface area (Å²) in [5.41, 5.74) is -0.422. The van der Waals surface area contributed by atoms with E-state index in [2.05, 4.69) is 27.5 Å². The molecule has 0 saturated heterocycles. The molecule has 0 fully saturated rings. The fourth-order valence-electron chi connectivity index (χ4n) is 1.20. The number of pyridine rings is 1. The molecule has 2 aromatic rings. The van der Waals surface area contributed by atoms with Crippen LogP contribution in [0.2, 0.25) is 0 Å². The number of hydrogen-bond acceptors (Lipinski definition) is 5. The van der Waals surface area contributed by atoms with Gasteiger partial charge in [-0.3, -0.25) is 4.98 Å². The maximum Gasteiger partial charge on any atom is 0.436 e. The van der Waals surface area contributed by atoms with Gasteiger partial charge in [0.25, 0.3) is 0 Å². The summed E-state index contributed by atoms with van der Waals surface area (Å²) in [5, 5.41) is 0.127. The van der Waals surface area contributed by atoms with E-state index < -0.39 is 11.9 Å². The highest BCUT2D eigenvalue weighted by atomic mass is 32.1. The van der Waals surface area contributed by atoms with Crippen LogP contribution in [0.15, 0.2) is 24.5 Å². The molecular weight excluding hydrogens is 271 g/mol. The molecule has 90 valence electrons. The number of nitrogens with one attached hydrogen (secondary N) is 1. The van der Waals surface area contributed by atoms with Crippen molar-refractivity contribution in [2.75, 3.05) is 4.72 Å². The van der Waals surface area contributed by atoms with Gasteiger partial charge in [0.2, 0.25) is 0 Å². The second-order valence-electron chi connectivity index (χ2n) is 3.05. The second kappa shape index (κ2) is 4.53. The maximum atomic E-state index is 12.6. The van der Waals surface area contributed by atoms with Gasteiger partial charge < -0.3 is 4.72 Å². The van der Waals surface area contributed by atoms with Crippen LogP contribution in [0.5, 0.6) is 0 Å². The summed E-state index contributed by atoms with van der Waals surface area (Å²) in [7, 11) is 0. The van der Waals surface area contributed by atoms with Crippen LogP contribution in [0.25, 0.3) is 10.6 Å². The fraction of sp³-hybridized carbons (Fsp3) is 0.111. The highest BCUT2D eigenvalue weighted by Gasteiger charge is 2.37. The van der Waals surface area contributed by atoms with Crippen LogP contribution < -0.4 is 4.72 Å². The fourth-order valence-corrected chi connectivity index (χ4v) is 2.32. The molecule has 0 aromatic carbocycles. The van der Waals surface area contributed by atoms with Crippen LogP contribution in [0, 0.1) is 0 Å². The van der Waals surface area contributed by atoms with E-state index in [4.69, 9.17) is 0 Å². The van der Waals surface area contributed by atoms with Crippen molar-refractivity contribution < 1.29 is 13.2 Å². The molecule has 0 aliphatic carbocycles. The van der Waals surface area contributed by atoms with E-state index in [-0.39, 0.29) is 10.0 Å². The summed E-state index contributed by atoms with van der Waals surface area (Å²) >= 11 is 4.52. The van der Waals surface area contributed by atoms with E-state index in [1.807, 2.05) is 0 Å². The standard InChI is InChI=1S/C9H6F3N3S2/c10-9(11,12)6-8(15-16)17-7(14-6)5-2-1-3-13-4-5/h1-4,15-16H. The monoisotopic (exact) mass is 277 g/mol. The van der Waals surface area contributed by atoms with Crippen molar-refractivity contribution in [3.05, 3.63) is 30.2 Å². The van der Waals surface area contributed by atoms with Crippen LogP contribution in [0.4, 0.5) is 18.2 Å². The highest BCUT2D eigenvalue weighted by Crippen LogP contribution is 2.40. The summed E-state index contributed by atoms with van der Waals surface area (Å²) in [6.07, 6.45) is -1.50. The van der Waals surface area contributed by atoms with Gasteiger partial charge in [0.15, 0.2) is 5.69 Å². The predicted molar refractivity (Wildman–Crippen MR) is 63.0 cm³/mol. The first-order valence-electron chi connectivity index (χ1n) is 4.41. The van der Waals surface area contributed by atoms with Gasteiger partial charge in [-0.05, 0) is 12.1 Å². The lowest BCUT2D eigenvalue weighted by Crippen LogP contribution is -2.07. The van der Waals surface area contributed by atoms with E-state index in [9.17, 15) is 13.2 Å². The van der Waals surface area contributed by atoms with Crippen molar-refractivity contribution in [2.45, 2.75) is 6.18 Å². The van der Waals surface area contributed by atoms with Gasteiger partial charge >= 0.3 is 6.18 Å². The first kappa shape index (κ1) is 12.2. The second-order valence-corrected chi connectivity index (χ2v) is 4.27. The molecule has 8 heteroatoms. The largest absolute Gasteiger partial charge is 0.436 e. The van der Waals surface area contributed by atoms with Crippen molar-refractivity contribution >= 4 is 29.2 Å². The Bertz CT molecular complexity index is 510. The third kappa shape index (κ3) is 2.52. The van der Waals surface area contributed by atoms with Crippen LogP contribution >= 0.6 is 24.2 Å². The zero-order valence-corrected chi connectivity index (χ0v) is 9.90. The highest BCUT2D eigenvalue weighted by molar-refractivity contribution is 7.82. The Morgan fingerprint density at radius 2 is 2.12 bits per heavy atom. The normalized spacial score (nSPS) is 11.5. The number of hydrogen-bond donors (Lipinski definition) is 2. The Morgan fingerprint density at radius 3 is 2.59 bits per heavy atom. The van der Waals surface area contributed by atoms with Crippen LogP contribution in [0.1, 0.15) is 5.69 Å². The Morgan fingerprint density at radius 1 is 1.35 bits per heavy atom. The van der Waals surface area contributed by atoms with Crippen LogP contribution in [-0.2, 0) is 6.18 Å². The van der Waals surface area contributed by atoms with Crippen molar-refractivity contribution in [2.24, 2.45) is 0 Å². The summed E-state index contributed by atoms with van der Waals surface area (Å²) in [6, 6.07) is 3.28. The number of thiol groups is 1. The van der Waals surface area contributed by atoms with Gasteiger partial charge in [0.1, 0.15) is 10.0 Å². The smallest absolute Gasteiger partial charge is 0.322 e. The minimum absolute atomic E-state index is 0.125. The van der Waals surface area contributed by atoms with E-state index in [0.717, 1.165) is 11.3 Å². The SMILES string of the molecule is FC(F)(F)c1nc(-c2cccnc2)sc1NS. The molecule has 0 radical (unpaired) electrons. The molecule has 2 rings (SSSR count). The molecule has 3 nitrogen and oxygen atoms in total. The summed E-state index contributed by atoms with van der Waals surface area (Å²) in [5.74, 6) is 0. The number of aromatic nitrogens is 2. The molecule has 0 aliphatic rings. The maximum absolute atomic E-state index is 12.6. The number of thiazole rings is 1. The predicted octanol–water partition coefficient (Wildman–Crippen LogP) is 3.48. The lowest BCUT2D eigenvalue weighted by molar-refractivity contribution is -0.140. The molecule has 0 saturated carbocycles. The van der Waals surface area contributed by atoms with Gasteiger partial charge in [-0.25, -0.2) is 4.98 Å². The van der Waals surface area contributed by atoms with Gasteiger partial charge in [0, 0.05) is 18.0 Å². The molecule has 0 amide bonds. The number of halogens is 3. The molecule has 2 heterocycles. The molecule has 0 unspecified atom stereocenters. The molecule has 0 spiro atoms. The van der Waals surface area contributed by atoms with E-state index in [1.165, 1.54) is 6.20 Å². The number of alkyl halides is 3. The molecule has 17 heavy (non-hydrogen) atoms. The summed E-state index contributed by atoms with van der Waals surface area (Å²) in [6.45, 7) is 0. The molecule has 0 atom stereocenters. The Labute approximate surface area is 104 Å². The van der Waals surface area contributed by atoms with E-state index in [1.54, 1.807) is 18.3 Å². The lowest BCUT2D eigenvalue weighted by atomic mass is 10.3. The van der Waals surface area contributed by atoms with E-state index in [0.29, 0.717) is 5.56 Å². The average molecular weight is 277 g/mol. The zero-order chi connectivity index (χ0) is 12.5. The van der Waals surface area contributed by atoms with Crippen molar-refractivity contribution in [1.29, 1.82) is 0 Å². The first-order chi connectivity index (χ1) is 8.02. The van der Waals surface area contributed by atoms with Gasteiger partial charge in [-0.15, -0.1) is 0 Å². The van der Waals surface area contributed by atoms with Crippen molar-refractivity contribution in [3.8, 4) is 10.6 Å². The van der Waals surface area contributed by atoms with Gasteiger partial charge in [-0.1, -0.05) is 24.2 Å². The third-order valence-electron chi connectivity index (χ3n) is 1.91. The topological polar surface area (TPSA) is 37.8 Å². The van der Waals surface area contributed by atoms with Crippen molar-refractivity contribution in [3.63, 3.8) is 0 Å². The Kier molecular flexibility index (Phi) is 3.25. The quantitative estimate of drug-likeness (QED) is 0.825. The molecule has 0 bridgehead atoms. The third-order valence-corrected chi connectivity index (χ3v) is 3.30. The number of rotatable bonds is 2. The van der Waals surface area contributed by atoms with E-state index >= 15 is 0 Å². The molecule has 1 N–H and O–H groups in total. The minimum Gasteiger partial charge on any atom is -0.322 e. The lowest BCUT2D eigenvalue weighted by Gasteiger charge is -2.03. The molecule has 2 aromatic heterocycles. The molecular formula is C9H6F3N3S2. The molecule has 0 aliphatic heterocycles. The minimum atomic E-state index is -4.50.